The SMILES string of the molecule is CC(C)(CO)[C@H](c1ccccc1[N+](=O)[O-])N1CCNCC1.Cl. The van der Waals surface area contributed by atoms with Gasteiger partial charge in [-0.25, -0.2) is 0 Å². The molecule has 1 saturated heterocycles. The van der Waals surface area contributed by atoms with E-state index in [9.17, 15) is 15.2 Å². The van der Waals surface area contributed by atoms with Crippen molar-refractivity contribution in [2.45, 2.75) is 19.9 Å². The molecule has 0 spiro atoms. The Morgan fingerprint density at radius 2 is 1.95 bits per heavy atom. The minimum atomic E-state index is -0.455. The van der Waals surface area contributed by atoms with E-state index in [1.54, 1.807) is 6.07 Å². The Morgan fingerprint density at radius 1 is 1.36 bits per heavy atom. The number of nitrogens with one attached hydrogen (secondary N) is 1. The molecule has 2 N–H and O–H groups in total. The molecule has 0 bridgehead atoms. The second-order valence-electron chi connectivity index (χ2n) is 6.15. The molecule has 0 aromatic heterocycles. The maximum atomic E-state index is 11.3. The summed E-state index contributed by atoms with van der Waals surface area (Å²) < 4.78 is 0. The standard InChI is InChI=1S/C15H23N3O3.ClH/c1-15(2,11-19)14(17-9-7-16-8-10-17)12-5-3-4-6-13(12)18(20)21;/h3-6,14,16,19H,7-11H2,1-2H3;1H/t14-;/m0./s1. The molecule has 2 rings (SSSR count). The Balaban J connectivity index is 0.00000242. The number of hydrogen-bond donors (Lipinski definition) is 2. The quantitative estimate of drug-likeness (QED) is 0.638. The van der Waals surface area contributed by atoms with E-state index in [-0.39, 0.29) is 35.7 Å². The third-order valence-corrected chi connectivity index (χ3v) is 4.09. The minimum Gasteiger partial charge on any atom is -0.396 e. The van der Waals surface area contributed by atoms with Crippen LogP contribution in [0.25, 0.3) is 0 Å². The van der Waals surface area contributed by atoms with Gasteiger partial charge in [-0.2, -0.15) is 0 Å². The van der Waals surface area contributed by atoms with Crippen LogP contribution in [0.4, 0.5) is 5.69 Å². The van der Waals surface area contributed by atoms with E-state index >= 15 is 0 Å². The first kappa shape index (κ1) is 18.8. The molecule has 1 heterocycles. The molecule has 1 aromatic carbocycles. The van der Waals surface area contributed by atoms with Crippen LogP contribution in [0.1, 0.15) is 25.5 Å². The van der Waals surface area contributed by atoms with Gasteiger partial charge in [-0.1, -0.05) is 32.0 Å². The highest BCUT2D eigenvalue weighted by Crippen LogP contribution is 2.41. The summed E-state index contributed by atoms with van der Waals surface area (Å²) >= 11 is 0. The molecule has 0 unspecified atom stereocenters. The van der Waals surface area contributed by atoms with Crippen molar-refractivity contribution in [3.05, 3.63) is 39.9 Å². The van der Waals surface area contributed by atoms with Gasteiger partial charge >= 0.3 is 0 Å². The molecule has 6 nitrogen and oxygen atoms in total. The lowest BCUT2D eigenvalue weighted by Crippen LogP contribution is -2.49. The monoisotopic (exact) mass is 329 g/mol. The lowest BCUT2D eigenvalue weighted by atomic mass is 9.79. The number of rotatable bonds is 5. The number of piperazine rings is 1. The van der Waals surface area contributed by atoms with E-state index in [0.717, 1.165) is 26.2 Å². The fourth-order valence-electron chi connectivity index (χ4n) is 3.02. The van der Waals surface area contributed by atoms with Crippen LogP contribution in [0.5, 0.6) is 0 Å². The molecule has 7 heteroatoms. The molecule has 1 atom stereocenters. The van der Waals surface area contributed by atoms with Gasteiger partial charge in [0.25, 0.3) is 5.69 Å². The van der Waals surface area contributed by atoms with Gasteiger partial charge in [0, 0.05) is 55.9 Å². The van der Waals surface area contributed by atoms with Crippen LogP contribution in [0.3, 0.4) is 0 Å². The molecule has 0 aliphatic carbocycles. The number of nitrogens with zero attached hydrogens (tertiary/aromatic N) is 2. The van der Waals surface area contributed by atoms with Gasteiger partial charge in [0.15, 0.2) is 0 Å². The zero-order valence-corrected chi connectivity index (χ0v) is 13.8. The van der Waals surface area contributed by atoms with Crippen LogP contribution < -0.4 is 5.32 Å². The van der Waals surface area contributed by atoms with Crippen LogP contribution in [0.15, 0.2) is 24.3 Å². The van der Waals surface area contributed by atoms with E-state index in [2.05, 4.69) is 10.2 Å². The molecular weight excluding hydrogens is 306 g/mol. The average molecular weight is 330 g/mol. The average Bonchev–Trinajstić information content (AvgIpc) is 2.48. The number of aliphatic hydroxyl groups excluding tert-OH is 1. The highest BCUT2D eigenvalue weighted by molar-refractivity contribution is 5.85. The van der Waals surface area contributed by atoms with E-state index < -0.39 is 5.41 Å². The molecule has 22 heavy (non-hydrogen) atoms. The Morgan fingerprint density at radius 3 is 2.50 bits per heavy atom. The van der Waals surface area contributed by atoms with Gasteiger partial charge in [0.05, 0.1) is 4.92 Å². The fraction of sp³-hybridized carbons (Fsp3) is 0.600. The first-order valence-electron chi connectivity index (χ1n) is 7.26. The lowest BCUT2D eigenvalue weighted by molar-refractivity contribution is -0.386. The summed E-state index contributed by atoms with van der Waals surface area (Å²) in [6.45, 7) is 7.25. The summed E-state index contributed by atoms with van der Waals surface area (Å²) in [6.07, 6.45) is 0. The number of nitro benzene ring substituents is 1. The Labute approximate surface area is 137 Å². The number of halogens is 1. The van der Waals surface area contributed by atoms with Gasteiger partial charge in [-0.3, -0.25) is 15.0 Å². The molecule has 124 valence electrons. The second-order valence-corrected chi connectivity index (χ2v) is 6.15. The zero-order chi connectivity index (χ0) is 15.5. The van der Waals surface area contributed by atoms with Gasteiger partial charge in [0.2, 0.25) is 0 Å². The maximum absolute atomic E-state index is 11.3. The van der Waals surface area contributed by atoms with Gasteiger partial charge in [-0.15, -0.1) is 12.4 Å². The van der Waals surface area contributed by atoms with Crippen LogP contribution >= 0.6 is 12.4 Å². The summed E-state index contributed by atoms with van der Waals surface area (Å²) in [5.41, 5.74) is 0.356. The zero-order valence-electron chi connectivity index (χ0n) is 13.0. The highest BCUT2D eigenvalue weighted by Gasteiger charge is 2.38. The molecule has 1 aromatic rings. The van der Waals surface area contributed by atoms with Gasteiger partial charge in [-0.05, 0) is 0 Å². The first-order chi connectivity index (χ1) is 9.97. The van der Waals surface area contributed by atoms with Crippen LogP contribution in [-0.4, -0.2) is 47.7 Å². The van der Waals surface area contributed by atoms with E-state index in [4.69, 9.17) is 0 Å². The number of hydrogen-bond acceptors (Lipinski definition) is 5. The summed E-state index contributed by atoms with van der Waals surface area (Å²) in [7, 11) is 0. The molecule has 1 fully saturated rings. The Hall–Kier alpha value is -1.21. The lowest BCUT2D eigenvalue weighted by Gasteiger charge is -2.43. The van der Waals surface area contributed by atoms with Crippen molar-refractivity contribution in [2.75, 3.05) is 32.8 Å². The van der Waals surface area contributed by atoms with E-state index in [1.807, 2.05) is 26.0 Å². The molecule has 0 saturated carbocycles. The summed E-state index contributed by atoms with van der Waals surface area (Å²) in [5.74, 6) is 0. The van der Waals surface area contributed by atoms with Crippen LogP contribution in [0.2, 0.25) is 0 Å². The number of aliphatic hydroxyl groups is 1. The first-order valence-corrected chi connectivity index (χ1v) is 7.26. The number of para-hydroxylation sites is 1. The van der Waals surface area contributed by atoms with Crippen molar-refractivity contribution in [3.63, 3.8) is 0 Å². The topological polar surface area (TPSA) is 78.6 Å². The molecule has 1 aliphatic rings. The molecule has 1 aliphatic heterocycles. The van der Waals surface area contributed by atoms with Gasteiger partial charge in [0.1, 0.15) is 0 Å². The number of nitro groups is 1. The smallest absolute Gasteiger partial charge is 0.274 e. The van der Waals surface area contributed by atoms with Crippen molar-refractivity contribution < 1.29 is 10.0 Å². The van der Waals surface area contributed by atoms with Crippen molar-refractivity contribution in [2.24, 2.45) is 5.41 Å². The van der Waals surface area contributed by atoms with Crippen molar-refractivity contribution in [3.8, 4) is 0 Å². The van der Waals surface area contributed by atoms with E-state index in [0.29, 0.717) is 5.56 Å². The highest BCUT2D eigenvalue weighted by atomic mass is 35.5. The third-order valence-electron chi connectivity index (χ3n) is 4.09. The second kappa shape index (κ2) is 7.87. The molecule has 0 amide bonds. The summed E-state index contributed by atoms with van der Waals surface area (Å²) in [6, 6.07) is 6.68. The van der Waals surface area contributed by atoms with Crippen molar-refractivity contribution in [1.29, 1.82) is 0 Å². The predicted molar refractivity (Wildman–Crippen MR) is 88.4 cm³/mol. The van der Waals surface area contributed by atoms with Crippen LogP contribution in [-0.2, 0) is 0 Å². The third kappa shape index (κ3) is 3.95. The van der Waals surface area contributed by atoms with Gasteiger partial charge < -0.3 is 10.4 Å². The summed E-state index contributed by atoms with van der Waals surface area (Å²) in [4.78, 5) is 13.2. The van der Waals surface area contributed by atoms with Crippen molar-refractivity contribution >= 4 is 18.1 Å². The Kier molecular flexibility index (Phi) is 6.74. The van der Waals surface area contributed by atoms with E-state index in [1.165, 1.54) is 6.07 Å². The minimum absolute atomic E-state index is 0. The maximum Gasteiger partial charge on any atom is 0.274 e. The molecular formula is C15H24ClN3O3. The largest absolute Gasteiger partial charge is 0.396 e. The number of benzene rings is 1. The Bertz CT molecular complexity index is 505. The normalized spacial score (nSPS) is 17.6. The fourth-order valence-corrected chi connectivity index (χ4v) is 3.02. The van der Waals surface area contributed by atoms with Crippen molar-refractivity contribution in [1.82, 2.24) is 10.2 Å². The predicted octanol–water partition coefficient (Wildman–Crippen LogP) is 1.98. The van der Waals surface area contributed by atoms with Crippen LogP contribution in [0, 0.1) is 15.5 Å². The molecule has 0 radical (unpaired) electrons. The summed E-state index contributed by atoms with van der Waals surface area (Å²) in [5, 5.41) is 24.4.